The molecule has 0 bridgehead atoms. The van der Waals surface area contributed by atoms with Gasteiger partial charge >= 0.3 is 0 Å². The maximum atomic E-state index is 6.59. The minimum Gasteiger partial charge on any atom is -0.365 e. The molecule has 0 aromatic heterocycles. The Balaban J connectivity index is 2.31. The van der Waals surface area contributed by atoms with Gasteiger partial charge in [-0.25, -0.2) is 0 Å². The highest BCUT2D eigenvalue weighted by Gasteiger charge is 2.31. The molecule has 0 aliphatic heterocycles. The average Bonchev–Trinajstić information content (AvgIpc) is 2.53. The molecule has 7 heteroatoms. The highest BCUT2D eigenvalue weighted by atomic mass is 80.0. The molecule has 136 valence electrons. The predicted octanol–water partition coefficient (Wildman–Crippen LogP) is 8.94. The van der Waals surface area contributed by atoms with Crippen LogP contribution >= 0.6 is 95.6 Å². The number of hydrogen-bond acceptors (Lipinski definition) is 1. The lowest BCUT2D eigenvalue weighted by atomic mass is 10.0. The van der Waals surface area contributed by atoms with Crippen LogP contribution in [0.5, 0.6) is 0 Å². The summed E-state index contributed by atoms with van der Waals surface area (Å²) >= 11 is 21.7. The number of rotatable bonds is 6. The van der Waals surface area contributed by atoms with Crippen LogP contribution in [0.25, 0.3) is 0 Å². The number of benzene rings is 2. The first-order valence-electron chi connectivity index (χ1n) is 7.53. The van der Waals surface area contributed by atoms with Gasteiger partial charge < -0.3 is 4.74 Å². The summed E-state index contributed by atoms with van der Waals surface area (Å²) in [6.07, 6.45) is 1.22. The lowest BCUT2D eigenvalue weighted by Crippen LogP contribution is -2.19. The van der Waals surface area contributed by atoms with E-state index in [0.29, 0.717) is 12.8 Å². The van der Waals surface area contributed by atoms with Crippen LogP contribution < -0.4 is 0 Å². The lowest BCUT2D eigenvalue weighted by Gasteiger charge is -2.30. The van der Waals surface area contributed by atoms with E-state index in [4.69, 9.17) is 4.74 Å². The van der Waals surface area contributed by atoms with Gasteiger partial charge in [-0.3, -0.25) is 0 Å². The summed E-state index contributed by atoms with van der Waals surface area (Å²) in [6.45, 7) is 0. The van der Waals surface area contributed by atoms with Crippen LogP contribution in [-0.2, 0) is 4.74 Å². The molecule has 2 aromatic carbocycles. The van der Waals surface area contributed by atoms with Crippen molar-refractivity contribution in [2.75, 3.05) is 0 Å². The summed E-state index contributed by atoms with van der Waals surface area (Å²) in [5.74, 6) is 0. The van der Waals surface area contributed by atoms with Gasteiger partial charge in [-0.1, -0.05) is 156 Å². The largest absolute Gasteiger partial charge is 0.365 e. The van der Waals surface area contributed by atoms with Crippen LogP contribution in [0.2, 0.25) is 0 Å². The second-order valence-corrected chi connectivity index (χ2v) is 20.1. The summed E-state index contributed by atoms with van der Waals surface area (Å²) in [5, 5.41) is 0. The molecule has 0 radical (unpaired) electrons. The highest BCUT2D eigenvalue weighted by molar-refractivity contribution is 9.39. The summed E-state index contributed by atoms with van der Waals surface area (Å²) in [4.78, 5) is 0. The van der Waals surface area contributed by atoms with E-state index < -0.39 is 0 Å². The van der Waals surface area contributed by atoms with Gasteiger partial charge in [0.25, 0.3) is 0 Å². The van der Waals surface area contributed by atoms with E-state index in [1.165, 1.54) is 0 Å². The van der Waals surface area contributed by atoms with E-state index in [1.54, 1.807) is 0 Å². The van der Waals surface area contributed by atoms with Crippen LogP contribution in [0.1, 0.15) is 36.2 Å². The molecule has 25 heavy (non-hydrogen) atoms. The van der Waals surface area contributed by atoms with E-state index in [1.807, 2.05) is 36.4 Å². The van der Waals surface area contributed by atoms with E-state index >= 15 is 0 Å². The average molecular weight is 728 g/mol. The second kappa shape index (κ2) is 10.2. The van der Waals surface area contributed by atoms with Gasteiger partial charge in [0.2, 0.25) is 0 Å². The zero-order valence-corrected chi connectivity index (χ0v) is 22.5. The van der Waals surface area contributed by atoms with Crippen LogP contribution in [0, 0.1) is 0 Å². The molecule has 2 aromatic rings. The number of alkyl halides is 6. The van der Waals surface area contributed by atoms with E-state index in [-0.39, 0.29) is 16.5 Å². The van der Waals surface area contributed by atoms with Crippen molar-refractivity contribution in [1.29, 1.82) is 0 Å². The Kier molecular flexibility index (Phi) is 9.18. The van der Waals surface area contributed by atoms with Gasteiger partial charge in [0.15, 0.2) is 0 Å². The third-order valence-corrected chi connectivity index (χ3v) is 5.45. The predicted molar refractivity (Wildman–Crippen MR) is 128 cm³/mol. The molecule has 0 N–H and O–H groups in total. The Bertz CT molecular complexity index is 579. The Morgan fingerprint density at radius 1 is 0.600 bits per heavy atom. The smallest absolute Gasteiger partial charge is 0.137 e. The zero-order valence-electron chi connectivity index (χ0n) is 13.0. The molecular formula is C18H16Br6O. The quantitative estimate of drug-likeness (QED) is 0.270. The van der Waals surface area contributed by atoms with E-state index in [9.17, 15) is 0 Å². The molecule has 0 aliphatic carbocycles. The molecule has 1 nitrogen and oxygen atoms in total. The van der Waals surface area contributed by atoms with Crippen molar-refractivity contribution in [3.63, 3.8) is 0 Å². The van der Waals surface area contributed by atoms with E-state index in [2.05, 4.69) is 120 Å². The molecule has 2 unspecified atom stereocenters. The third-order valence-electron chi connectivity index (χ3n) is 3.50. The number of halogens is 6. The fourth-order valence-electron chi connectivity index (χ4n) is 2.44. The monoisotopic (exact) mass is 722 g/mol. The first kappa shape index (κ1) is 22.6. The number of hydrogen-bond donors (Lipinski definition) is 0. The fraction of sp³-hybridized carbons (Fsp3) is 0.333. The normalized spacial score (nSPS) is 15.0. The first-order chi connectivity index (χ1) is 11.6. The fourth-order valence-corrected chi connectivity index (χ4v) is 4.21. The summed E-state index contributed by atoms with van der Waals surface area (Å²) in [6, 6.07) is 20.5. The van der Waals surface area contributed by atoms with Gasteiger partial charge in [-0.05, 0) is 11.1 Å². The molecular weight excluding hydrogens is 712 g/mol. The van der Waals surface area contributed by atoms with E-state index in [0.717, 1.165) is 11.1 Å². The molecule has 0 aliphatic rings. The molecule has 0 spiro atoms. The molecule has 2 rings (SSSR count). The lowest BCUT2D eigenvalue weighted by molar-refractivity contribution is -0.0204. The van der Waals surface area contributed by atoms with Crippen LogP contribution in [0.4, 0.5) is 0 Å². The molecule has 2 atom stereocenters. The second-order valence-electron chi connectivity index (χ2n) is 5.57. The van der Waals surface area contributed by atoms with Gasteiger partial charge in [0, 0.05) is 12.8 Å². The Hall–Kier alpha value is 1.28. The van der Waals surface area contributed by atoms with Crippen LogP contribution in [0.3, 0.4) is 0 Å². The Morgan fingerprint density at radius 3 is 1.20 bits per heavy atom. The van der Waals surface area contributed by atoms with Gasteiger partial charge in [-0.15, -0.1) is 0 Å². The van der Waals surface area contributed by atoms with Gasteiger partial charge in [-0.2, -0.15) is 0 Å². The third kappa shape index (κ3) is 8.88. The van der Waals surface area contributed by atoms with Crippen molar-refractivity contribution in [2.45, 2.75) is 29.3 Å². The Morgan fingerprint density at radius 2 is 0.920 bits per heavy atom. The molecule has 0 amide bonds. The molecule has 0 saturated carbocycles. The van der Waals surface area contributed by atoms with Gasteiger partial charge in [0.1, 0.15) is 4.29 Å². The maximum Gasteiger partial charge on any atom is 0.137 e. The van der Waals surface area contributed by atoms with Crippen molar-refractivity contribution >= 4 is 95.6 Å². The summed E-state index contributed by atoms with van der Waals surface area (Å²) in [5.41, 5.74) is 2.27. The first-order valence-corrected chi connectivity index (χ1v) is 12.3. The Labute approximate surface area is 199 Å². The van der Waals surface area contributed by atoms with Gasteiger partial charge in [0.05, 0.1) is 12.2 Å². The highest BCUT2D eigenvalue weighted by Crippen LogP contribution is 2.47. The minimum absolute atomic E-state index is 0.0978. The zero-order chi connectivity index (χ0) is 18.5. The van der Waals surface area contributed by atoms with Crippen molar-refractivity contribution in [2.24, 2.45) is 0 Å². The molecule has 0 heterocycles. The standard InChI is InChI=1S/C18H16Br6O/c19-17(20,21)11-15(13-7-3-1-4-8-13)25-16(12-18(22,23)24)14-9-5-2-6-10-14/h1-10,15-16H,11-12H2. The van der Waals surface area contributed by atoms with Crippen molar-refractivity contribution in [3.8, 4) is 0 Å². The minimum atomic E-state index is -0.386. The van der Waals surface area contributed by atoms with Crippen LogP contribution in [0.15, 0.2) is 60.7 Å². The van der Waals surface area contributed by atoms with Crippen LogP contribution in [-0.4, -0.2) is 4.29 Å². The van der Waals surface area contributed by atoms with Crippen molar-refractivity contribution in [3.05, 3.63) is 71.8 Å². The van der Waals surface area contributed by atoms with Crippen molar-refractivity contribution in [1.82, 2.24) is 0 Å². The molecule has 0 saturated heterocycles. The summed E-state index contributed by atoms with van der Waals surface area (Å²) < 4.78 is 5.82. The maximum absolute atomic E-state index is 6.59. The summed E-state index contributed by atoms with van der Waals surface area (Å²) in [7, 11) is 0. The SMILES string of the molecule is BrC(Br)(Br)CC(OC(CC(Br)(Br)Br)c1ccccc1)c1ccccc1. The topological polar surface area (TPSA) is 9.23 Å². The van der Waals surface area contributed by atoms with Crippen molar-refractivity contribution < 1.29 is 4.74 Å². The molecule has 0 fully saturated rings. The number of ether oxygens (including phenoxy) is 1.